The zero-order valence-corrected chi connectivity index (χ0v) is 12.8. The van der Waals surface area contributed by atoms with Crippen molar-refractivity contribution in [2.45, 2.75) is 83.8 Å². The smallest absolute Gasteiger partial charge is 0.133 e. The molecule has 0 aliphatic carbocycles. The van der Waals surface area contributed by atoms with Crippen molar-refractivity contribution < 1.29 is 4.79 Å². The molecule has 0 N–H and O–H groups in total. The van der Waals surface area contributed by atoms with Gasteiger partial charge in [-0.2, -0.15) is 11.8 Å². The maximum Gasteiger partial charge on any atom is 0.133 e. The molecule has 0 aromatic rings. The van der Waals surface area contributed by atoms with Gasteiger partial charge < -0.3 is 0 Å². The Morgan fingerprint density at radius 1 is 1.00 bits per heavy atom. The minimum absolute atomic E-state index is 0.440. The molecule has 0 amide bonds. The second-order valence-electron chi connectivity index (χ2n) is 4.94. The summed E-state index contributed by atoms with van der Waals surface area (Å²) < 4.78 is 0. The summed E-state index contributed by atoms with van der Waals surface area (Å²) in [6.45, 7) is 6.52. The van der Waals surface area contributed by atoms with E-state index in [1.165, 1.54) is 44.3 Å². The maximum atomic E-state index is 11.4. The van der Waals surface area contributed by atoms with Crippen LogP contribution < -0.4 is 0 Å². The third-order valence-electron chi connectivity index (χ3n) is 2.94. The van der Waals surface area contributed by atoms with Crippen molar-refractivity contribution in [1.82, 2.24) is 0 Å². The molecule has 0 fully saturated rings. The Bertz CT molecular complexity index is 180. The summed E-state index contributed by atoms with van der Waals surface area (Å²) in [5, 5.41) is 0.518. The van der Waals surface area contributed by atoms with E-state index in [4.69, 9.17) is 0 Å². The Kier molecular flexibility index (Phi) is 12.5. The van der Waals surface area contributed by atoms with Gasteiger partial charge in [-0.1, -0.05) is 52.9 Å². The van der Waals surface area contributed by atoms with E-state index in [1.807, 2.05) is 11.8 Å². The maximum absolute atomic E-state index is 11.4. The normalized spacial score (nSPS) is 12.6. The average Bonchev–Trinajstić information content (AvgIpc) is 2.28. The molecule has 0 saturated carbocycles. The van der Waals surface area contributed by atoms with Crippen LogP contribution >= 0.6 is 11.8 Å². The van der Waals surface area contributed by atoms with Crippen molar-refractivity contribution in [3.05, 3.63) is 0 Å². The number of thioether (sulfide) groups is 1. The van der Waals surface area contributed by atoms with E-state index in [0.717, 1.165) is 19.3 Å². The quantitative estimate of drug-likeness (QED) is 0.446. The third kappa shape index (κ3) is 12.3. The van der Waals surface area contributed by atoms with Gasteiger partial charge in [-0.25, -0.2) is 0 Å². The number of ketones is 1. The molecule has 0 aliphatic rings. The van der Waals surface area contributed by atoms with Crippen molar-refractivity contribution >= 4 is 17.5 Å². The summed E-state index contributed by atoms with van der Waals surface area (Å²) in [6, 6.07) is 0. The summed E-state index contributed by atoms with van der Waals surface area (Å²) in [5.74, 6) is 1.67. The largest absolute Gasteiger partial charge is 0.300 e. The van der Waals surface area contributed by atoms with Gasteiger partial charge in [0.1, 0.15) is 5.78 Å². The molecule has 17 heavy (non-hydrogen) atoms. The van der Waals surface area contributed by atoms with Crippen molar-refractivity contribution in [1.29, 1.82) is 0 Å². The summed E-state index contributed by atoms with van der Waals surface area (Å²) in [7, 11) is 0. The zero-order valence-electron chi connectivity index (χ0n) is 12.0. The molecule has 1 unspecified atom stereocenters. The van der Waals surface area contributed by atoms with Crippen molar-refractivity contribution in [2.24, 2.45) is 0 Å². The Balaban J connectivity index is 3.27. The second-order valence-corrected chi connectivity index (χ2v) is 6.49. The topological polar surface area (TPSA) is 17.1 Å². The number of hydrogen-bond donors (Lipinski definition) is 0. The molecular weight excluding hydrogens is 228 g/mol. The molecule has 1 atom stereocenters. The summed E-state index contributed by atoms with van der Waals surface area (Å²) in [5.41, 5.74) is 0. The van der Waals surface area contributed by atoms with Crippen molar-refractivity contribution in [2.75, 3.05) is 5.75 Å². The standard InChI is InChI=1S/C15H30OS/c1-4-6-7-8-9-10-12-17-14(3)13-15(16)11-5-2/h14H,4-13H2,1-3H3. The molecule has 0 aromatic heterocycles. The Morgan fingerprint density at radius 3 is 2.29 bits per heavy atom. The Hall–Kier alpha value is 0.0200. The van der Waals surface area contributed by atoms with Crippen molar-refractivity contribution in [3.63, 3.8) is 0 Å². The molecule has 0 rings (SSSR count). The number of rotatable bonds is 12. The third-order valence-corrected chi connectivity index (χ3v) is 4.20. The summed E-state index contributed by atoms with van der Waals surface area (Å²) in [6.07, 6.45) is 10.7. The molecule has 0 radical (unpaired) electrons. The van der Waals surface area contributed by atoms with Gasteiger partial charge in [-0.15, -0.1) is 0 Å². The van der Waals surface area contributed by atoms with Crippen LogP contribution in [0.1, 0.15) is 78.6 Å². The molecule has 2 heteroatoms. The van der Waals surface area contributed by atoms with Gasteiger partial charge in [-0.05, 0) is 18.6 Å². The first-order valence-electron chi connectivity index (χ1n) is 7.34. The lowest BCUT2D eigenvalue weighted by molar-refractivity contribution is -0.119. The fourth-order valence-electron chi connectivity index (χ4n) is 1.93. The van der Waals surface area contributed by atoms with Crippen LogP contribution in [0.4, 0.5) is 0 Å². The van der Waals surface area contributed by atoms with Gasteiger partial charge in [0.05, 0.1) is 0 Å². The van der Waals surface area contributed by atoms with E-state index in [0.29, 0.717) is 11.0 Å². The predicted octanol–water partition coefficient (Wildman–Crippen LogP) is 5.23. The van der Waals surface area contributed by atoms with Crippen LogP contribution in [0.5, 0.6) is 0 Å². The molecule has 0 spiro atoms. The first-order chi connectivity index (χ1) is 8.20. The van der Waals surface area contributed by atoms with E-state index in [9.17, 15) is 4.79 Å². The molecule has 0 aliphatic heterocycles. The van der Waals surface area contributed by atoms with E-state index < -0.39 is 0 Å². The lowest BCUT2D eigenvalue weighted by Crippen LogP contribution is -2.07. The highest BCUT2D eigenvalue weighted by Crippen LogP contribution is 2.18. The number of hydrogen-bond acceptors (Lipinski definition) is 2. The van der Waals surface area contributed by atoms with E-state index in [1.54, 1.807) is 0 Å². The van der Waals surface area contributed by atoms with Crippen LogP contribution in [0.3, 0.4) is 0 Å². The minimum atomic E-state index is 0.440. The molecule has 102 valence electrons. The van der Waals surface area contributed by atoms with E-state index in [2.05, 4.69) is 20.8 Å². The van der Waals surface area contributed by atoms with Crippen LogP contribution in [0.25, 0.3) is 0 Å². The predicted molar refractivity (Wildman–Crippen MR) is 79.8 cm³/mol. The van der Waals surface area contributed by atoms with Crippen molar-refractivity contribution in [3.8, 4) is 0 Å². The van der Waals surface area contributed by atoms with Gasteiger partial charge >= 0.3 is 0 Å². The molecular formula is C15H30OS. The highest BCUT2D eigenvalue weighted by Gasteiger charge is 2.08. The van der Waals surface area contributed by atoms with Gasteiger partial charge in [0.25, 0.3) is 0 Å². The first-order valence-corrected chi connectivity index (χ1v) is 8.38. The fourth-order valence-corrected chi connectivity index (χ4v) is 3.00. The molecule has 0 aromatic carbocycles. The molecule has 0 bridgehead atoms. The van der Waals surface area contributed by atoms with E-state index in [-0.39, 0.29) is 0 Å². The monoisotopic (exact) mass is 258 g/mol. The lowest BCUT2D eigenvalue weighted by atomic mass is 10.1. The van der Waals surface area contributed by atoms with Crippen LogP contribution in [0.15, 0.2) is 0 Å². The summed E-state index contributed by atoms with van der Waals surface area (Å²) >= 11 is 1.97. The minimum Gasteiger partial charge on any atom is -0.300 e. The highest BCUT2D eigenvalue weighted by molar-refractivity contribution is 7.99. The second kappa shape index (κ2) is 12.5. The lowest BCUT2D eigenvalue weighted by Gasteiger charge is -2.09. The average molecular weight is 258 g/mol. The SMILES string of the molecule is CCCCCCCCSC(C)CC(=O)CCC. The molecule has 0 heterocycles. The van der Waals surface area contributed by atoms with Gasteiger partial charge in [0.2, 0.25) is 0 Å². The molecule has 0 saturated heterocycles. The van der Waals surface area contributed by atoms with Gasteiger partial charge in [-0.3, -0.25) is 4.79 Å². The number of Topliss-reactive ketones (excluding diaryl/α,β-unsaturated/α-hetero) is 1. The molecule has 1 nitrogen and oxygen atoms in total. The zero-order chi connectivity index (χ0) is 12.9. The fraction of sp³-hybridized carbons (Fsp3) is 0.933. The van der Waals surface area contributed by atoms with Crippen LogP contribution in [-0.4, -0.2) is 16.8 Å². The first kappa shape index (κ1) is 17.0. The van der Waals surface area contributed by atoms with Gasteiger partial charge in [0.15, 0.2) is 0 Å². The number of carbonyl (C=O) groups is 1. The Morgan fingerprint density at radius 2 is 1.65 bits per heavy atom. The van der Waals surface area contributed by atoms with E-state index >= 15 is 0 Å². The Labute approximate surface area is 112 Å². The van der Waals surface area contributed by atoms with Gasteiger partial charge in [0, 0.05) is 18.1 Å². The highest BCUT2D eigenvalue weighted by atomic mass is 32.2. The number of unbranched alkanes of at least 4 members (excludes halogenated alkanes) is 5. The van der Waals surface area contributed by atoms with Crippen LogP contribution in [-0.2, 0) is 4.79 Å². The summed E-state index contributed by atoms with van der Waals surface area (Å²) in [4.78, 5) is 11.4. The van der Waals surface area contributed by atoms with Crippen LogP contribution in [0.2, 0.25) is 0 Å². The number of carbonyl (C=O) groups excluding carboxylic acids is 1. The van der Waals surface area contributed by atoms with Crippen LogP contribution in [0, 0.1) is 0 Å².